The van der Waals surface area contributed by atoms with Crippen molar-refractivity contribution in [2.75, 3.05) is 6.54 Å². The Morgan fingerprint density at radius 1 is 1.24 bits per heavy atom. The number of nitrogens with one attached hydrogen (secondary N) is 3. The second-order valence-electron chi connectivity index (χ2n) is 6.02. The number of aromatic amines is 2. The first-order valence-electron chi connectivity index (χ1n) is 7.59. The minimum absolute atomic E-state index is 0.319. The maximum absolute atomic E-state index is 11.5. The minimum Gasteiger partial charge on any atom is -0.316 e. The van der Waals surface area contributed by atoms with Gasteiger partial charge in [0.25, 0.3) is 0 Å². The summed E-state index contributed by atoms with van der Waals surface area (Å²) in [6.45, 7) is 5.41. The van der Waals surface area contributed by atoms with Gasteiger partial charge in [-0.2, -0.15) is 0 Å². The van der Waals surface area contributed by atoms with Crippen LogP contribution in [0.15, 0.2) is 27.8 Å². The van der Waals surface area contributed by atoms with E-state index in [1.54, 1.807) is 0 Å². The lowest BCUT2D eigenvalue weighted by Gasteiger charge is -2.19. The molecule has 1 aromatic heterocycles. The van der Waals surface area contributed by atoms with Gasteiger partial charge in [-0.15, -0.1) is 0 Å². The van der Waals surface area contributed by atoms with Gasteiger partial charge in [0.15, 0.2) is 0 Å². The van der Waals surface area contributed by atoms with E-state index in [4.69, 9.17) is 0 Å². The van der Waals surface area contributed by atoms with E-state index in [1.807, 2.05) is 18.2 Å². The highest BCUT2D eigenvalue weighted by atomic mass is 16.2. The number of hydrogen-bond donors (Lipinski definition) is 3. The van der Waals surface area contributed by atoms with Gasteiger partial charge in [-0.25, -0.2) is 0 Å². The maximum atomic E-state index is 11.5. The molecule has 1 aliphatic carbocycles. The number of rotatable bonds is 5. The Labute approximate surface area is 122 Å². The van der Waals surface area contributed by atoms with Gasteiger partial charge in [0.05, 0.1) is 11.0 Å². The fourth-order valence-corrected chi connectivity index (χ4v) is 2.96. The van der Waals surface area contributed by atoms with Crippen LogP contribution in [0.3, 0.4) is 0 Å². The summed E-state index contributed by atoms with van der Waals surface area (Å²) in [5.41, 5.74) is 1.33. The van der Waals surface area contributed by atoms with Crippen LogP contribution in [-0.2, 0) is 0 Å². The summed E-state index contributed by atoms with van der Waals surface area (Å²) in [7, 11) is 0. The highest BCUT2D eigenvalue weighted by Crippen LogP contribution is 2.47. The minimum atomic E-state index is -0.605. The average molecular weight is 287 g/mol. The highest BCUT2D eigenvalue weighted by molar-refractivity contribution is 5.74. The van der Waals surface area contributed by atoms with Crippen molar-refractivity contribution >= 4 is 11.0 Å². The van der Waals surface area contributed by atoms with Crippen molar-refractivity contribution in [2.45, 2.75) is 32.7 Å². The molecule has 112 valence electrons. The molecule has 3 N–H and O–H groups in total. The Morgan fingerprint density at radius 3 is 2.52 bits per heavy atom. The molecule has 0 spiro atoms. The van der Waals surface area contributed by atoms with Gasteiger partial charge in [-0.05, 0) is 48.9 Å². The molecular formula is C16H21N3O2. The van der Waals surface area contributed by atoms with E-state index in [1.165, 1.54) is 12.0 Å². The summed E-state index contributed by atoms with van der Waals surface area (Å²) in [5, 5.41) is 3.60. The van der Waals surface area contributed by atoms with E-state index in [2.05, 4.69) is 29.1 Å². The van der Waals surface area contributed by atoms with E-state index in [0.717, 1.165) is 18.9 Å². The van der Waals surface area contributed by atoms with Gasteiger partial charge in [0, 0.05) is 6.04 Å². The predicted octanol–water partition coefficient (Wildman–Crippen LogP) is 1.91. The molecule has 1 heterocycles. The Balaban J connectivity index is 1.99. The fraction of sp³-hybridized carbons (Fsp3) is 0.500. The van der Waals surface area contributed by atoms with E-state index in [9.17, 15) is 9.59 Å². The highest BCUT2D eigenvalue weighted by Gasteiger charge is 2.39. The maximum Gasteiger partial charge on any atom is 0.314 e. The third-order valence-electron chi connectivity index (χ3n) is 4.32. The monoisotopic (exact) mass is 287 g/mol. The lowest BCUT2D eigenvalue weighted by molar-refractivity contribution is 0.463. The van der Waals surface area contributed by atoms with Crippen molar-refractivity contribution in [3.63, 3.8) is 0 Å². The molecule has 21 heavy (non-hydrogen) atoms. The molecule has 1 saturated carbocycles. The van der Waals surface area contributed by atoms with E-state index >= 15 is 0 Å². The summed E-state index contributed by atoms with van der Waals surface area (Å²) >= 11 is 0. The Hall–Kier alpha value is -1.88. The molecular weight excluding hydrogens is 266 g/mol. The van der Waals surface area contributed by atoms with Crippen LogP contribution in [-0.4, -0.2) is 16.5 Å². The molecule has 1 fully saturated rings. The van der Waals surface area contributed by atoms with Crippen molar-refractivity contribution < 1.29 is 0 Å². The van der Waals surface area contributed by atoms with Gasteiger partial charge < -0.3 is 15.3 Å². The molecule has 5 heteroatoms. The predicted molar refractivity (Wildman–Crippen MR) is 83.5 cm³/mol. The smallest absolute Gasteiger partial charge is 0.314 e. The molecule has 0 aliphatic heterocycles. The average Bonchev–Trinajstić information content (AvgIpc) is 3.17. The van der Waals surface area contributed by atoms with Crippen LogP contribution in [0.1, 0.15) is 38.3 Å². The van der Waals surface area contributed by atoms with Gasteiger partial charge in [0.2, 0.25) is 0 Å². The molecule has 0 radical (unpaired) electrons. The van der Waals surface area contributed by atoms with Gasteiger partial charge in [0.1, 0.15) is 0 Å². The Bertz CT molecular complexity index is 762. The van der Waals surface area contributed by atoms with Gasteiger partial charge in [-0.3, -0.25) is 9.59 Å². The standard InChI is InChI=1S/C16H21N3O2/c1-3-6-17-14(11-7-9(11)2)10-4-5-12-13(8-10)19-16(21)15(20)18-12/h4-5,8-9,11,14,17H,3,6-7H2,1-2H3,(H,18,20)(H,19,21). The molecule has 3 atom stereocenters. The molecule has 0 amide bonds. The number of benzene rings is 1. The van der Waals surface area contributed by atoms with E-state index < -0.39 is 11.1 Å². The molecule has 3 unspecified atom stereocenters. The lowest BCUT2D eigenvalue weighted by Crippen LogP contribution is -2.29. The SMILES string of the molecule is CCCNC(c1ccc2[nH]c(=O)c(=O)[nH]c2c1)C1CC1C. The zero-order valence-electron chi connectivity index (χ0n) is 12.4. The van der Waals surface area contributed by atoms with Gasteiger partial charge in [-0.1, -0.05) is 19.9 Å². The van der Waals surface area contributed by atoms with Crippen LogP contribution in [0.4, 0.5) is 0 Å². The normalized spacial score (nSPS) is 22.4. The number of aromatic nitrogens is 2. The van der Waals surface area contributed by atoms with Crippen molar-refractivity contribution in [3.8, 4) is 0 Å². The first-order chi connectivity index (χ1) is 10.1. The molecule has 5 nitrogen and oxygen atoms in total. The molecule has 1 aromatic carbocycles. The summed E-state index contributed by atoms with van der Waals surface area (Å²) in [6.07, 6.45) is 2.33. The summed E-state index contributed by atoms with van der Waals surface area (Å²) in [4.78, 5) is 28.1. The van der Waals surface area contributed by atoms with Crippen molar-refractivity contribution in [3.05, 3.63) is 44.5 Å². The first-order valence-corrected chi connectivity index (χ1v) is 7.59. The summed E-state index contributed by atoms with van der Waals surface area (Å²) in [6, 6.07) is 6.20. The third-order valence-corrected chi connectivity index (χ3v) is 4.32. The topological polar surface area (TPSA) is 77.8 Å². The lowest BCUT2D eigenvalue weighted by atomic mass is 10.00. The van der Waals surface area contributed by atoms with Crippen molar-refractivity contribution in [1.82, 2.24) is 15.3 Å². The van der Waals surface area contributed by atoms with E-state index in [-0.39, 0.29) is 0 Å². The van der Waals surface area contributed by atoms with Crippen LogP contribution in [0.5, 0.6) is 0 Å². The third kappa shape index (κ3) is 2.78. The number of H-pyrrole nitrogens is 2. The van der Waals surface area contributed by atoms with Crippen LogP contribution >= 0.6 is 0 Å². The van der Waals surface area contributed by atoms with Crippen LogP contribution < -0.4 is 16.4 Å². The summed E-state index contributed by atoms with van der Waals surface area (Å²) in [5.74, 6) is 1.40. The molecule has 0 bridgehead atoms. The molecule has 3 rings (SSSR count). The number of hydrogen-bond acceptors (Lipinski definition) is 3. The molecule has 1 aliphatic rings. The van der Waals surface area contributed by atoms with E-state index in [0.29, 0.717) is 23.0 Å². The second-order valence-corrected chi connectivity index (χ2v) is 6.02. The van der Waals surface area contributed by atoms with Crippen LogP contribution in [0, 0.1) is 11.8 Å². The van der Waals surface area contributed by atoms with Crippen LogP contribution in [0.25, 0.3) is 11.0 Å². The first kappa shape index (κ1) is 14.1. The molecule has 2 aromatic rings. The summed E-state index contributed by atoms with van der Waals surface area (Å²) < 4.78 is 0. The van der Waals surface area contributed by atoms with Crippen molar-refractivity contribution in [1.29, 1.82) is 0 Å². The quantitative estimate of drug-likeness (QED) is 0.735. The van der Waals surface area contributed by atoms with Crippen LogP contribution in [0.2, 0.25) is 0 Å². The zero-order valence-corrected chi connectivity index (χ0v) is 12.4. The largest absolute Gasteiger partial charge is 0.316 e. The number of fused-ring (bicyclic) bond motifs is 1. The molecule has 0 saturated heterocycles. The second kappa shape index (κ2) is 5.48. The van der Waals surface area contributed by atoms with Crippen molar-refractivity contribution in [2.24, 2.45) is 11.8 Å². The Morgan fingerprint density at radius 2 is 1.90 bits per heavy atom. The Kier molecular flexibility index (Phi) is 3.68. The van der Waals surface area contributed by atoms with Gasteiger partial charge >= 0.3 is 11.1 Å². The zero-order chi connectivity index (χ0) is 15.0. The fourth-order valence-electron chi connectivity index (χ4n) is 2.96.